The zero-order valence-electron chi connectivity index (χ0n) is 40.1. The van der Waals surface area contributed by atoms with Gasteiger partial charge in [-0.25, -0.2) is 4.85 Å². The molecule has 350 valence electrons. The summed E-state index contributed by atoms with van der Waals surface area (Å²) in [4.78, 5) is 4.33. The Morgan fingerprint density at radius 2 is 0.776 bits per heavy atom. The Labute approximate surface area is 439 Å². The second kappa shape index (κ2) is 15.3. The van der Waals surface area contributed by atoms with E-state index in [0.29, 0.717) is 22.6 Å². The molecule has 0 aliphatic rings. The highest BCUT2D eigenvalue weighted by Crippen LogP contribution is 2.47. The summed E-state index contributed by atoms with van der Waals surface area (Å²) in [7, 11) is 0. The van der Waals surface area contributed by atoms with E-state index in [2.05, 4.69) is 190 Å². The summed E-state index contributed by atoms with van der Waals surface area (Å²) in [5, 5.41) is 24.8. The highest BCUT2D eigenvalue weighted by atomic mass is 32.1. The van der Waals surface area contributed by atoms with Crippen LogP contribution >= 0.6 is 22.7 Å². The van der Waals surface area contributed by atoms with E-state index in [-0.39, 0.29) is 0 Å². The predicted molar refractivity (Wildman–Crippen MR) is 317 cm³/mol. The van der Waals surface area contributed by atoms with Crippen LogP contribution in [-0.2, 0) is 0 Å². The quantitative estimate of drug-likeness (QED) is 0.165. The molecule has 6 nitrogen and oxygen atoms in total. The second-order valence-electron chi connectivity index (χ2n) is 19.8. The van der Waals surface area contributed by atoms with Crippen molar-refractivity contribution in [2.24, 2.45) is 0 Å². The van der Waals surface area contributed by atoms with Gasteiger partial charge in [0.1, 0.15) is 28.4 Å². The van der Waals surface area contributed by atoms with Gasteiger partial charge in [-0.15, -0.1) is 22.7 Å². The molecule has 17 aromatic rings. The van der Waals surface area contributed by atoms with Gasteiger partial charge >= 0.3 is 0 Å². The van der Waals surface area contributed by atoms with Gasteiger partial charge in [0.15, 0.2) is 0 Å². The standard InChI is InChI=1S/C68H34N4O2S2/c1-70-54-33-57(71-55-22-18-37(39-20-24-63-50(28-39)42-10-2-6-14-61(42)73-63)26-46(55)48-31-52-44-12-4-8-16-65(44)75-67(52)34-58(48)71)41(36-69)30-60(54)72-56-23-19-38(40-21-25-64-51(29-40)43-11-3-7-15-62(43)74-64)27-47(56)49-32-53-45-13-5-9-17-66(45)76-68(53)35-59(49)72/h2-35H. The Balaban J connectivity index is 0.901. The fourth-order valence-electron chi connectivity index (χ4n) is 12.3. The summed E-state index contributed by atoms with van der Waals surface area (Å²) in [5.41, 5.74) is 13.8. The molecule has 6 heterocycles. The van der Waals surface area contributed by atoms with Crippen LogP contribution in [0.5, 0.6) is 0 Å². The Bertz CT molecular complexity index is 5180. The van der Waals surface area contributed by atoms with Gasteiger partial charge in [0.05, 0.1) is 45.6 Å². The second-order valence-corrected chi connectivity index (χ2v) is 21.9. The first-order valence-electron chi connectivity index (χ1n) is 25.1. The van der Waals surface area contributed by atoms with Crippen LogP contribution in [0, 0.1) is 17.9 Å². The number of nitrogens with zero attached hydrogens (tertiary/aromatic N) is 4. The van der Waals surface area contributed by atoms with Crippen molar-refractivity contribution < 1.29 is 8.83 Å². The number of hydrogen-bond acceptors (Lipinski definition) is 5. The van der Waals surface area contributed by atoms with Gasteiger partial charge in [-0.3, -0.25) is 0 Å². The summed E-state index contributed by atoms with van der Waals surface area (Å²) in [5.74, 6) is 0. The van der Waals surface area contributed by atoms with Gasteiger partial charge in [-0.1, -0.05) is 97.1 Å². The molecule has 0 bridgehead atoms. The third-order valence-electron chi connectivity index (χ3n) is 15.8. The molecular formula is C68H34N4O2S2. The average molecular weight is 1000 g/mol. The molecule has 0 unspecified atom stereocenters. The van der Waals surface area contributed by atoms with Crippen LogP contribution in [0.15, 0.2) is 215 Å². The maximum absolute atomic E-state index is 11.4. The summed E-state index contributed by atoms with van der Waals surface area (Å²) in [6, 6.07) is 75.4. The van der Waals surface area contributed by atoms with E-state index in [0.717, 1.165) is 119 Å². The summed E-state index contributed by atoms with van der Waals surface area (Å²) < 4.78 is 21.6. The van der Waals surface area contributed by atoms with E-state index < -0.39 is 0 Å². The van der Waals surface area contributed by atoms with Gasteiger partial charge in [0.2, 0.25) is 5.69 Å². The van der Waals surface area contributed by atoms with Crippen molar-refractivity contribution >= 4 is 156 Å². The number of aromatic nitrogens is 2. The Morgan fingerprint density at radius 1 is 0.355 bits per heavy atom. The number of rotatable bonds is 4. The van der Waals surface area contributed by atoms with E-state index in [1.807, 2.05) is 36.4 Å². The molecule has 0 radical (unpaired) electrons. The van der Waals surface area contributed by atoms with Gasteiger partial charge in [-0.2, -0.15) is 5.26 Å². The molecule has 6 aromatic heterocycles. The first kappa shape index (κ1) is 41.5. The highest BCUT2D eigenvalue weighted by Gasteiger charge is 2.24. The van der Waals surface area contributed by atoms with Crippen molar-refractivity contribution in [2.75, 3.05) is 0 Å². The molecular weight excluding hydrogens is 969 g/mol. The zero-order chi connectivity index (χ0) is 49.9. The number of para-hydroxylation sites is 2. The van der Waals surface area contributed by atoms with Gasteiger partial charge < -0.3 is 18.0 Å². The molecule has 0 aliphatic heterocycles. The summed E-state index contributed by atoms with van der Waals surface area (Å²) >= 11 is 3.55. The molecule has 76 heavy (non-hydrogen) atoms. The number of hydrogen-bond donors (Lipinski definition) is 0. The van der Waals surface area contributed by atoms with Gasteiger partial charge in [-0.05, 0) is 131 Å². The van der Waals surface area contributed by atoms with E-state index in [9.17, 15) is 5.26 Å². The Hall–Kier alpha value is -9.96. The van der Waals surface area contributed by atoms with E-state index in [1.54, 1.807) is 22.7 Å². The Kier molecular flexibility index (Phi) is 8.36. The van der Waals surface area contributed by atoms with Crippen molar-refractivity contribution in [3.63, 3.8) is 0 Å². The molecule has 0 aliphatic carbocycles. The largest absolute Gasteiger partial charge is 0.456 e. The monoisotopic (exact) mass is 1000 g/mol. The van der Waals surface area contributed by atoms with Crippen LogP contribution in [0.25, 0.3) is 166 Å². The lowest BCUT2D eigenvalue weighted by molar-refractivity contribution is 0.668. The fourth-order valence-corrected chi connectivity index (χ4v) is 14.5. The van der Waals surface area contributed by atoms with E-state index in [1.165, 1.54) is 30.9 Å². The minimum absolute atomic E-state index is 0.445. The maximum atomic E-state index is 11.4. The number of nitriles is 1. The molecule has 17 rings (SSSR count). The molecule has 0 spiro atoms. The molecule has 8 heteroatoms. The topological polar surface area (TPSA) is 64.3 Å². The minimum atomic E-state index is 0.445. The van der Waals surface area contributed by atoms with Crippen molar-refractivity contribution in [1.29, 1.82) is 5.26 Å². The minimum Gasteiger partial charge on any atom is -0.456 e. The SMILES string of the molecule is [C-]#[N+]c1cc(-n2c3ccc(-c4ccc5oc6ccccc6c5c4)cc3c3cc4c(cc32)sc2ccccc24)c(C#N)cc1-n1c2ccc(-c3ccc4oc5ccccc5c4c3)cc2c2cc3c(cc21)sc1ccccc13. The zero-order valence-corrected chi connectivity index (χ0v) is 41.7. The lowest BCUT2D eigenvalue weighted by Gasteiger charge is -2.16. The van der Waals surface area contributed by atoms with Crippen molar-refractivity contribution in [1.82, 2.24) is 9.13 Å². The van der Waals surface area contributed by atoms with Crippen LogP contribution < -0.4 is 0 Å². The molecule has 0 N–H and O–H groups in total. The molecule has 0 saturated heterocycles. The van der Waals surface area contributed by atoms with Crippen molar-refractivity contribution in [3.8, 4) is 39.7 Å². The van der Waals surface area contributed by atoms with Gasteiger partial charge in [0.25, 0.3) is 0 Å². The van der Waals surface area contributed by atoms with Gasteiger partial charge in [0, 0.05) is 83.4 Å². The van der Waals surface area contributed by atoms with Crippen LogP contribution in [0.3, 0.4) is 0 Å². The first-order chi connectivity index (χ1) is 37.5. The first-order valence-corrected chi connectivity index (χ1v) is 26.8. The lowest BCUT2D eigenvalue weighted by Crippen LogP contribution is -2.01. The molecule has 11 aromatic carbocycles. The Morgan fingerprint density at radius 3 is 1.28 bits per heavy atom. The smallest absolute Gasteiger partial charge is 0.212 e. The van der Waals surface area contributed by atoms with Crippen LogP contribution in [0.4, 0.5) is 5.69 Å². The van der Waals surface area contributed by atoms with Crippen LogP contribution in [0.2, 0.25) is 0 Å². The van der Waals surface area contributed by atoms with Crippen LogP contribution in [-0.4, -0.2) is 9.13 Å². The highest BCUT2D eigenvalue weighted by molar-refractivity contribution is 7.26. The van der Waals surface area contributed by atoms with Crippen molar-refractivity contribution in [2.45, 2.75) is 0 Å². The van der Waals surface area contributed by atoms with Crippen molar-refractivity contribution in [3.05, 3.63) is 223 Å². The molecule has 0 saturated carbocycles. The fraction of sp³-hybridized carbons (Fsp3) is 0. The number of furan rings is 2. The maximum Gasteiger partial charge on any atom is 0.212 e. The average Bonchev–Trinajstić information content (AvgIpc) is 4.52. The normalized spacial score (nSPS) is 12.2. The lowest BCUT2D eigenvalue weighted by atomic mass is 10.00. The summed E-state index contributed by atoms with van der Waals surface area (Å²) in [6.45, 7) is 8.94. The van der Waals surface area contributed by atoms with E-state index in [4.69, 9.17) is 15.4 Å². The number of benzene rings is 11. The molecule has 0 amide bonds. The molecule has 0 fully saturated rings. The number of fused-ring (bicyclic) bond motifs is 18. The van der Waals surface area contributed by atoms with E-state index >= 15 is 0 Å². The molecule has 0 atom stereocenters. The third-order valence-corrected chi connectivity index (χ3v) is 18.0. The van der Waals surface area contributed by atoms with Crippen LogP contribution in [0.1, 0.15) is 5.56 Å². The summed E-state index contributed by atoms with van der Waals surface area (Å²) in [6.07, 6.45) is 0. The number of thiophene rings is 2. The predicted octanol–water partition coefficient (Wildman–Crippen LogP) is 20.2. The third kappa shape index (κ3) is 5.77.